The first-order valence-corrected chi connectivity index (χ1v) is 10.2. The number of hydrogen-bond acceptors (Lipinski definition) is 1. The lowest BCUT2D eigenvalue weighted by Gasteiger charge is -2.17. The molecule has 0 saturated heterocycles. The van der Waals surface area contributed by atoms with Gasteiger partial charge < -0.3 is 10.6 Å². The number of carbonyl (C=O) groups excluding carboxylic acids is 1. The maximum Gasteiger partial charge on any atom is 0.314 e. The normalized spacial score (nSPS) is 11.2. The molecule has 24 heavy (non-hydrogen) atoms. The van der Waals surface area contributed by atoms with Crippen LogP contribution >= 0.6 is 0 Å². The van der Waals surface area contributed by atoms with Crippen LogP contribution in [0.4, 0.5) is 4.79 Å². The van der Waals surface area contributed by atoms with Crippen molar-refractivity contribution in [2.75, 3.05) is 13.1 Å². The number of unbranched alkanes of at least 4 members (excludes halogenated alkanes) is 12. The van der Waals surface area contributed by atoms with Gasteiger partial charge in [-0.2, -0.15) is 0 Å². The first-order chi connectivity index (χ1) is 11.7. The zero-order valence-corrected chi connectivity index (χ0v) is 16.1. The van der Waals surface area contributed by atoms with E-state index < -0.39 is 0 Å². The van der Waals surface area contributed by atoms with Crippen molar-refractivity contribution in [1.29, 1.82) is 0 Å². The number of primary amides is 1. The van der Waals surface area contributed by atoms with Gasteiger partial charge >= 0.3 is 6.03 Å². The third-order valence-electron chi connectivity index (χ3n) is 4.52. The molecule has 0 aliphatic rings. The summed E-state index contributed by atoms with van der Waals surface area (Å²) >= 11 is 0. The predicted octanol–water partition coefficient (Wildman–Crippen LogP) is 6.24. The molecule has 0 aromatic rings. The molecule has 0 rings (SSSR count). The van der Waals surface area contributed by atoms with E-state index in [1.165, 1.54) is 83.5 Å². The fourth-order valence-electron chi connectivity index (χ4n) is 2.88. The molecule has 2 amide bonds. The average Bonchev–Trinajstić information content (AvgIpc) is 2.57. The average molecular weight is 338 g/mol. The minimum Gasteiger partial charge on any atom is -0.351 e. The Kier molecular flexibility index (Phi) is 17.6. The molecule has 0 saturated carbocycles. The number of nitrogens with two attached hydrogens (primary N) is 1. The summed E-state index contributed by atoms with van der Waals surface area (Å²) in [5.41, 5.74) is 5.25. The second-order valence-corrected chi connectivity index (χ2v) is 6.76. The number of urea groups is 1. The smallest absolute Gasteiger partial charge is 0.314 e. The Bertz CT molecular complexity index is 302. The fraction of sp³-hybridized carbons (Fsp3) is 0.810. The first-order valence-electron chi connectivity index (χ1n) is 10.2. The lowest BCUT2D eigenvalue weighted by atomic mass is 10.1. The summed E-state index contributed by atoms with van der Waals surface area (Å²) in [7, 11) is 0. The third kappa shape index (κ3) is 15.9. The topological polar surface area (TPSA) is 46.3 Å². The Morgan fingerprint density at radius 1 is 0.833 bits per heavy atom. The second-order valence-electron chi connectivity index (χ2n) is 6.76. The van der Waals surface area contributed by atoms with E-state index in [4.69, 9.17) is 5.73 Å². The molecule has 141 valence electrons. The van der Waals surface area contributed by atoms with E-state index >= 15 is 0 Å². The minimum atomic E-state index is -0.349. The summed E-state index contributed by atoms with van der Waals surface area (Å²) in [6, 6.07) is -0.349. The molecule has 3 heteroatoms. The summed E-state index contributed by atoms with van der Waals surface area (Å²) in [4.78, 5) is 12.6. The van der Waals surface area contributed by atoms with Gasteiger partial charge in [0, 0.05) is 13.1 Å². The van der Waals surface area contributed by atoms with Crippen molar-refractivity contribution in [3.8, 4) is 0 Å². The van der Waals surface area contributed by atoms with Gasteiger partial charge in [0.05, 0.1) is 0 Å². The molecule has 0 spiro atoms. The van der Waals surface area contributed by atoms with Gasteiger partial charge in [-0.1, -0.05) is 76.9 Å². The van der Waals surface area contributed by atoms with Crippen LogP contribution in [0, 0.1) is 6.92 Å². The van der Waals surface area contributed by atoms with Crippen molar-refractivity contribution in [2.24, 2.45) is 5.73 Å². The van der Waals surface area contributed by atoms with Crippen molar-refractivity contribution in [1.82, 2.24) is 4.90 Å². The van der Waals surface area contributed by atoms with Gasteiger partial charge in [0.25, 0.3) is 0 Å². The van der Waals surface area contributed by atoms with Crippen molar-refractivity contribution in [2.45, 2.75) is 96.8 Å². The van der Waals surface area contributed by atoms with Crippen molar-refractivity contribution >= 4 is 6.03 Å². The highest BCUT2D eigenvalue weighted by atomic mass is 16.2. The van der Waals surface area contributed by atoms with Crippen LogP contribution < -0.4 is 5.73 Å². The molecule has 0 unspecified atom stereocenters. The molecule has 0 bridgehead atoms. The largest absolute Gasteiger partial charge is 0.351 e. The highest BCUT2D eigenvalue weighted by Gasteiger charge is 2.05. The molecule has 0 aromatic heterocycles. The SMILES string of the molecule is [CH2]CN(CCCCCCCC/C=C\CCCCCCCC)C(N)=O. The van der Waals surface area contributed by atoms with E-state index in [9.17, 15) is 4.79 Å². The van der Waals surface area contributed by atoms with E-state index in [0.29, 0.717) is 6.54 Å². The molecule has 0 fully saturated rings. The second kappa shape index (κ2) is 18.4. The molecule has 0 aliphatic carbocycles. The highest BCUT2D eigenvalue weighted by molar-refractivity contribution is 5.71. The third-order valence-corrected chi connectivity index (χ3v) is 4.52. The van der Waals surface area contributed by atoms with Crippen LogP contribution in [0.1, 0.15) is 96.8 Å². The fourth-order valence-corrected chi connectivity index (χ4v) is 2.88. The van der Waals surface area contributed by atoms with Gasteiger partial charge in [0.2, 0.25) is 0 Å². The number of carbonyl (C=O) groups is 1. The number of allylic oxidation sites excluding steroid dienone is 2. The predicted molar refractivity (Wildman–Crippen MR) is 106 cm³/mol. The number of hydrogen-bond donors (Lipinski definition) is 1. The van der Waals surface area contributed by atoms with Crippen molar-refractivity contribution < 1.29 is 4.79 Å². The van der Waals surface area contributed by atoms with Crippen LogP contribution in [0.3, 0.4) is 0 Å². The number of rotatable bonds is 17. The molecule has 0 aromatic carbocycles. The van der Waals surface area contributed by atoms with E-state index in [-0.39, 0.29) is 6.03 Å². The van der Waals surface area contributed by atoms with Crippen LogP contribution in [-0.4, -0.2) is 24.0 Å². The maximum atomic E-state index is 11.0. The van der Waals surface area contributed by atoms with E-state index in [1.54, 1.807) is 4.90 Å². The zero-order valence-electron chi connectivity index (χ0n) is 16.1. The first kappa shape index (κ1) is 23.0. The van der Waals surface area contributed by atoms with Crippen molar-refractivity contribution in [3.05, 3.63) is 19.1 Å². The molecular formula is C21H41N2O. The standard InChI is InChI=1S/C21H41N2O/c1-3-5-6-7-8-9-10-11-12-13-14-15-16-17-18-19-20-23(4-2)21(22)24/h11-12H,2-10,13-20H2,1H3,(H2,22,24)/b12-11-. The van der Waals surface area contributed by atoms with Gasteiger partial charge in [0.1, 0.15) is 0 Å². The van der Waals surface area contributed by atoms with E-state index in [2.05, 4.69) is 26.0 Å². The summed E-state index contributed by atoms with van der Waals surface area (Å²) in [6.45, 7) is 7.21. The van der Waals surface area contributed by atoms with Gasteiger partial charge in [-0.15, -0.1) is 0 Å². The van der Waals surface area contributed by atoms with E-state index in [0.717, 1.165) is 13.0 Å². The molecule has 0 aliphatic heterocycles. The Morgan fingerprint density at radius 3 is 1.75 bits per heavy atom. The quantitative estimate of drug-likeness (QED) is 0.248. The lowest BCUT2D eigenvalue weighted by molar-refractivity contribution is 0.211. The van der Waals surface area contributed by atoms with Gasteiger partial charge in [-0.05, 0) is 39.0 Å². The molecule has 0 heterocycles. The van der Waals surface area contributed by atoms with Crippen LogP contribution in [-0.2, 0) is 0 Å². The van der Waals surface area contributed by atoms with Crippen molar-refractivity contribution in [3.63, 3.8) is 0 Å². The van der Waals surface area contributed by atoms with Gasteiger partial charge in [-0.25, -0.2) is 4.79 Å². The Hall–Kier alpha value is -0.990. The Labute approximate surface area is 151 Å². The summed E-state index contributed by atoms with van der Waals surface area (Å²) in [6.07, 6.45) is 22.9. The maximum absolute atomic E-state index is 11.0. The molecular weight excluding hydrogens is 296 g/mol. The summed E-state index contributed by atoms with van der Waals surface area (Å²) in [5.74, 6) is 0. The molecule has 2 N–H and O–H groups in total. The van der Waals surface area contributed by atoms with Gasteiger partial charge in [-0.3, -0.25) is 0 Å². The van der Waals surface area contributed by atoms with Crippen LogP contribution in [0.5, 0.6) is 0 Å². The zero-order chi connectivity index (χ0) is 17.9. The molecule has 1 radical (unpaired) electrons. The van der Waals surface area contributed by atoms with Crippen LogP contribution in [0.25, 0.3) is 0 Å². The molecule has 3 nitrogen and oxygen atoms in total. The Balaban J connectivity index is 3.22. The Morgan fingerprint density at radius 2 is 1.29 bits per heavy atom. The minimum absolute atomic E-state index is 0.349. The highest BCUT2D eigenvalue weighted by Crippen LogP contribution is 2.10. The van der Waals surface area contributed by atoms with E-state index in [1.807, 2.05) is 0 Å². The number of amides is 2. The summed E-state index contributed by atoms with van der Waals surface area (Å²) < 4.78 is 0. The monoisotopic (exact) mass is 337 g/mol. The number of nitrogens with zero attached hydrogens (tertiary/aromatic N) is 1. The van der Waals surface area contributed by atoms with Crippen LogP contribution in [0.2, 0.25) is 0 Å². The van der Waals surface area contributed by atoms with Gasteiger partial charge in [0.15, 0.2) is 0 Å². The summed E-state index contributed by atoms with van der Waals surface area (Å²) in [5, 5.41) is 0. The molecule has 0 atom stereocenters. The lowest BCUT2D eigenvalue weighted by Crippen LogP contribution is -2.36. The van der Waals surface area contributed by atoms with Crippen LogP contribution in [0.15, 0.2) is 12.2 Å².